The molecule has 1 aliphatic carbocycles. The second-order valence-corrected chi connectivity index (χ2v) is 8.45. The third-order valence-electron chi connectivity index (χ3n) is 5.34. The number of carbonyl (C=O) groups excluding carboxylic acids is 1. The number of alkyl halides is 2. The van der Waals surface area contributed by atoms with Crippen molar-refractivity contribution >= 4 is 28.5 Å². The Balaban J connectivity index is 1.67. The largest absolute Gasteiger partial charge is 0.483 e. The van der Waals surface area contributed by atoms with Crippen LogP contribution in [-0.2, 0) is 16.6 Å². The Morgan fingerprint density at radius 3 is 2.42 bits per heavy atom. The van der Waals surface area contributed by atoms with E-state index in [0.29, 0.717) is 32.3 Å². The molecule has 1 atom stereocenters. The summed E-state index contributed by atoms with van der Waals surface area (Å²) in [7, 11) is 1.43. The minimum absolute atomic E-state index is 0.0183. The Kier molecular flexibility index (Phi) is 8.28. The Labute approximate surface area is 193 Å². The van der Waals surface area contributed by atoms with Gasteiger partial charge in [0.1, 0.15) is 28.8 Å². The molecule has 0 spiro atoms. The predicted molar refractivity (Wildman–Crippen MR) is 113 cm³/mol. The van der Waals surface area contributed by atoms with E-state index in [1.54, 1.807) is 0 Å². The average molecular weight is 496 g/mol. The molecule has 1 aromatic carbocycles. The highest BCUT2D eigenvalue weighted by Gasteiger charge is 2.29. The van der Waals surface area contributed by atoms with Crippen molar-refractivity contribution in [1.29, 1.82) is 0 Å². The Bertz CT molecular complexity index is 996. The summed E-state index contributed by atoms with van der Waals surface area (Å²) in [6, 6.07) is -0.115. The standard InChI is InChI=1S/C21H26ClF4N3O4/c1-10(27-11(2)30)8-31-12-4-6-13(7-5-12)33-21-28-18-16(25)15(22)20(32-9-14(23)24)17(26)19(18)29(21)3/h10,12-14H,4-9H2,1-3H3,(H,27,30)/t10-,12?,13?/m0/s1. The van der Waals surface area contributed by atoms with Gasteiger partial charge in [0.2, 0.25) is 5.91 Å². The number of aryl methyl sites for hydroxylation is 1. The molecule has 1 aliphatic rings. The first-order valence-corrected chi connectivity index (χ1v) is 10.9. The van der Waals surface area contributed by atoms with Crippen LogP contribution in [0.5, 0.6) is 11.8 Å². The lowest BCUT2D eigenvalue weighted by atomic mass is 9.95. The highest BCUT2D eigenvalue weighted by atomic mass is 35.5. The second-order valence-electron chi connectivity index (χ2n) is 8.08. The fourth-order valence-corrected chi connectivity index (χ4v) is 4.03. The fourth-order valence-electron chi connectivity index (χ4n) is 3.80. The topological polar surface area (TPSA) is 74.6 Å². The molecule has 1 heterocycles. The number of amides is 1. The zero-order chi connectivity index (χ0) is 24.3. The van der Waals surface area contributed by atoms with Crippen LogP contribution in [-0.4, -0.2) is 53.3 Å². The van der Waals surface area contributed by atoms with Crippen molar-refractivity contribution in [3.8, 4) is 11.8 Å². The smallest absolute Gasteiger partial charge is 0.297 e. The second kappa shape index (κ2) is 10.8. The van der Waals surface area contributed by atoms with Crippen LogP contribution < -0.4 is 14.8 Å². The van der Waals surface area contributed by atoms with Crippen molar-refractivity contribution in [2.75, 3.05) is 13.2 Å². The first kappa shape index (κ1) is 25.4. The molecule has 33 heavy (non-hydrogen) atoms. The predicted octanol–water partition coefficient (Wildman–Crippen LogP) is 4.38. The summed E-state index contributed by atoms with van der Waals surface area (Å²) < 4.78 is 72.1. The molecule has 0 saturated heterocycles. The molecular formula is C21H26ClF4N3O4. The number of hydrogen-bond acceptors (Lipinski definition) is 5. The summed E-state index contributed by atoms with van der Waals surface area (Å²) in [5.41, 5.74) is -0.663. The van der Waals surface area contributed by atoms with Gasteiger partial charge in [0.25, 0.3) is 12.4 Å². The van der Waals surface area contributed by atoms with Crippen LogP contribution >= 0.6 is 11.6 Å². The summed E-state index contributed by atoms with van der Waals surface area (Å²) >= 11 is 5.80. The maximum absolute atomic E-state index is 14.9. The van der Waals surface area contributed by atoms with E-state index in [1.165, 1.54) is 18.5 Å². The lowest BCUT2D eigenvalue weighted by Gasteiger charge is -2.29. The van der Waals surface area contributed by atoms with E-state index in [9.17, 15) is 22.4 Å². The zero-order valence-corrected chi connectivity index (χ0v) is 19.2. The molecule has 1 fully saturated rings. The van der Waals surface area contributed by atoms with Crippen molar-refractivity contribution in [2.45, 2.75) is 64.2 Å². The molecule has 2 aromatic rings. The lowest BCUT2D eigenvalue weighted by Crippen LogP contribution is -2.37. The van der Waals surface area contributed by atoms with E-state index in [1.807, 2.05) is 6.92 Å². The van der Waals surface area contributed by atoms with Crippen LogP contribution in [0.3, 0.4) is 0 Å². The van der Waals surface area contributed by atoms with Gasteiger partial charge in [-0.15, -0.1) is 0 Å². The van der Waals surface area contributed by atoms with Crippen molar-refractivity contribution in [3.63, 3.8) is 0 Å². The summed E-state index contributed by atoms with van der Waals surface area (Å²) in [5, 5.41) is 2.00. The molecule has 1 aromatic heterocycles. The average Bonchev–Trinajstić information content (AvgIpc) is 3.07. The van der Waals surface area contributed by atoms with Gasteiger partial charge in [0.15, 0.2) is 17.4 Å². The van der Waals surface area contributed by atoms with Crippen molar-refractivity contribution < 1.29 is 36.6 Å². The normalized spacial score (nSPS) is 19.7. The SMILES string of the molecule is CC(=O)N[C@@H](C)COC1CCC(Oc2nc3c(F)c(Cl)c(OCC(F)F)c(F)c3n2C)CC1. The Morgan fingerprint density at radius 2 is 1.82 bits per heavy atom. The van der Waals surface area contributed by atoms with Crippen molar-refractivity contribution in [3.05, 3.63) is 16.7 Å². The molecular weight excluding hydrogens is 470 g/mol. The maximum Gasteiger partial charge on any atom is 0.297 e. The molecule has 1 N–H and O–H groups in total. The van der Waals surface area contributed by atoms with Gasteiger partial charge in [-0.25, -0.2) is 17.6 Å². The third kappa shape index (κ3) is 6.00. The van der Waals surface area contributed by atoms with E-state index >= 15 is 0 Å². The monoisotopic (exact) mass is 495 g/mol. The molecule has 1 amide bonds. The summed E-state index contributed by atoms with van der Waals surface area (Å²) in [6.07, 6.45) is -0.414. The zero-order valence-electron chi connectivity index (χ0n) is 18.5. The number of nitrogens with one attached hydrogen (secondary N) is 1. The molecule has 0 unspecified atom stereocenters. The van der Waals surface area contributed by atoms with Gasteiger partial charge >= 0.3 is 0 Å². The Morgan fingerprint density at radius 1 is 1.18 bits per heavy atom. The van der Waals surface area contributed by atoms with E-state index < -0.39 is 35.4 Å². The number of benzene rings is 1. The number of aromatic nitrogens is 2. The number of fused-ring (bicyclic) bond motifs is 1. The number of rotatable bonds is 9. The van der Waals surface area contributed by atoms with E-state index in [4.69, 9.17) is 21.1 Å². The van der Waals surface area contributed by atoms with Gasteiger partial charge in [-0.3, -0.25) is 9.36 Å². The number of ether oxygens (including phenoxy) is 3. The quantitative estimate of drug-likeness (QED) is 0.413. The van der Waals surface area contributed by atoms with E-state index in [2.05, 4.69) is 15.0 Å². The Hall–Kier alpha value is -2.27. The first-order chi connectivity index (χ1) is 15.6. The van der Waals surface area contributed by atoms with Crippen LogP contribution in [0.2, 0.25) is 5.02 Å². The molecule has 0 aliphatic heterocycles. The lowest BCUT2D eigenvalue weighted by molar-refractivity contribution is -0.120. The van der Waals surface area contributed by atoms with E-state index in [0.717, 1.165) is 0 Å². The van der Waals surface area contributed by atoms with E-state index in [-0.39, 0.29) is 41.2 Å². The van der Waals surface area contributed by atoms with Crippen LogP contribution in [0.15, 0.2) is 0 Å². The highest BCUT2D eigenvalue weighted by molar-refractivity contribution is 6.33. The van der Waals surface area contributed by atoms with Gasteiger partial charge in [-0.2, -0.15) is 4.98 Å². The molecule has 12 heteroatoms. The summed E-state index contributed by atoms with van der Waals surface area (Å²) in [5.74, 6) is -3.07. The van der Waals surface area contributed by atoms with Crippen LogP contribution in [0.4, 0.5) is 17.6 Å². The van der Waals surface area contributed by atoms with Gasteiger partial charge in [0.05, 0.1) is 12.7 Å². The molecule has 7 nitrogen and oxygen atoms in total. The van der Waals surface area contributed by atoms with Gasteiger partial charge in [-0.1, -0.05) is 11.6 Å². The summed E-state index contributed by atoms with van der Waals surface area (Å²) in [4.78, 5) is 15.1. The number of hydrogen-bond donors (Lipinski definition) is 1. The van der Waals surface area contributed by atoms with Crippen molar-refractivity contribution in [2.24, 2.45) is 7.05 Å². The number of imidazole rings is 1. The van der Waals surface area contributed by atoms with Crippen LogP contribution in [0.1, 0.15) is 39.5 Å². The molecule has 3 rings (SSSR count). The number of halogens is 5. The van der Waals surface area contributed by atoms with Gasteiger partial charge in [-0.05, 0) is 32.6 Å². The first-order valence-electron chi connectivity index (χ1n) is 10.6. The molecule has 0 bridgehead atoms. The van der Waals surface area contributed by atoms with Crippen LogP contribution in [0, 0.1) is 11.6 Å². The molecule has 0 radical (unpaired) electrons. The van der Waals surface area contributed by atoms with Gasteiger partial charge < -0.3 is 19.5 Å². The third-order valence-corrected chi connectivity index (χ3v) is 5.68. The van der Waals surface area contributed by atoms with Crippen molar-refractivity contribution in [1.82, 2.24) is 14.9 Å². The van der Waals surface area contributed by atoms with Gasteiger partial charge in [0, 0.05) is 20.0 Å². The maximum atomic E-state index is 14.9. The van der Waals surface area contributed by atoms with Crippen LogP contribution in [0.25, 0.3) is 11.0 Å². The number of carbonyl (C=O) groups is 1. The molecule has 1 saturated carbocycles. The summed E-state index contributed by atoms with van der Waals surface area (Å²) in [6.45, 7) is 2.58. The minimum Gasteiger partial charge on any atom is -0.483 e. The molecule has 184 valence electrons. The number of nitrogens with zero attached hydrogens (tertiary/aromatic N) is 2. The minimum atomic E-state index is -2.88. The fraction of sp³-hybridized carbons (Fsp3) is 0.619. The highest BCUT2D eigenvalue weighted by Crippen LogP contribution is 2.39.